The zero-order valence-electron chi connectivity index (χ0n) is 9.07. The molecule has 0 aromatic rings. The number of halogens is 4. The largest absolute Gasteiger partial charge is 0.373 e. The van der Waals surface area contributed by atoms with Gasteiger partial charge in [-0.2, -0.15) is 8.78 Å². The maximum Gasteiger partial charge on any atom is 0.330 e. The van der Waals surface area contributed by atoms with Crippen LogP contribution in [0.25, 0.3) is 0 Å². The molecule has 0 radical (unpaired) electrons. The van der Waals surface area contributed by atoms with Crippen molar-refractivity contribution in [3.05, 3.63) is 0 Å². The molecule has 92 valence electrons. The minimum absolute atomic E-state index is 0.161. The standard InChI is InChI=1S/C9H17F4NO/c1-8(2,3)6(14)4-15-5-9(12,13)7(10)11/h6-7H,4-5,14H2,1-3H3. The van der Waals surface area contributed by atoms with Crippen molar-refractivity contribution in [3.63, 3.8) is 0 Å². The number of rotatable bonds is 5. The van der Waals surface area contributed by atoms with Crippen LogP contribution in [0.15, 0.2) is 0 Å². The molecule has 0 spiro atoms. The molecule has 1 unspecified atom stereocenters. The summed E-state index contributed by atoms with van der Waals surface area (Å²) < 4.78 is 52.7. The number of hydrogen-bond acceptors (Lipinski definition) is 2. The van der Waals surface area contributed by atoms with Crippen LogP contribution in [-0.2, 0) is 4.74 Å². The van der Waals surface area contributed by atoms with Crippen molar-refractivity contribution < 1.29 is 22.3 Å². The molecule has 0 aromatic heterocycles. The Bertz CT molecular complexity index is 191. The SMILES string of the molecule is CC(C)(C)C(N)COCC(F)(F)C(F)F. The molecule has 6 heteroatoms. The highest BCUT2D eigenvalue weighted by molar-refractivity contribution is 4.77. The van der Waals surface area contributed by atoms with Crippen molar-refractivity contribution in [1.82, 2.24) is 0 Å². The Morgan fingerprint density at radius 3 is 2.00 bits per heavy atom. The zero-order valence-corrected chi connectivity index (χ0v) is 9.07. The highest BCUT2D eigenvalue weighted by Crippen LogP contribution is 2.23. The van der Waals surface area contributed by atoms with Crippen molar-refractivity contribution in [3.8, 4) is 0 Å². The van der Waals surface area contributed by atoms with Gasteiger partial charge in [0.05, 0.1) is 6.61 Å². The van der Waals surface area contributed by atoms with E-state index >= 15 is 0 Å². The summed E-state index contributed by atoms with van der Waals surface area (Å²) in [7, 11) is 0. The van der Waals surface area contributed by atoms with E-state index in [4.69, 9.17) is 5.73 Å². The van der Waals surface area contributed by atoms with Crippen molar-refractivity contribution in [1.29, 1.82) is 0 Å². The number of alkyl halides is 4. The van der Waals surface area contributed by atoms with Crippen LogP contribution in [0, 0.1) is 5.41 Å². The predicted molar refractivity (Wildman–Crippen MR) is 49.2 cm³/mol. The Balaban J connectivity index is 3.90. The summed E-state index contributed by atoms with van der Waals surface area (Å²) >= 11 is 0. The molecule has 1 atom stereocenters. The molecule has 15 heavy (non-hydrogen) atoms. The van der Waals surface area contributed by atoms with Gasteiger partial charge in [-0.3, -0.25) is 0 Å². The van der Waals surface area contributed by atoms with Gasteiger partial charge in [0.2, 0.25) is 0 Å². The van der Waals surface area contributed by atoms with Gasteiger partial charge in [-0.15, -0.1) is 0 Å². The Labute approximate surface area is 86.8 Å². The lowest BCUT2D eigenvalue weighted by atomic mass is 9.88. The molecule has 2 N–H and O–H groups in total. The van der Waals surface area contributed by atoms with Crippen LogP contribution in [0.5, 0.6) is 0 Å². The highest BCUT2D eigenvalue weighted by Gasteiger charge is 2.41. The predicted octanol–water partition coefficient (Wildman–Crippen LogP) is 2.28. The number of nitrogens with two attached hydrogens (primary N) is 1. The molecule has 0 saturated heterocycles. The first-order valence-corrected chi connectivity index (χ1v) is 4.56. The van der Waals surface area contributed by atoms with E-state index in [0.29, 0.717) is 0 Å². The average molecular weight is 231 g/mol. The minimum Gasteiger partial charge on any atom is -0.373 e. The second-order valence-electron chi connectivity index (χ2n) is 4.55. The molecule has 0 saturated carbocycles. The van der Waals surface area contributed by atoms with Gasteiger partial charge in [-0.1, -0.05) is 20.8 Å². The second-order valence-corrected chi connectivity index (χ2v) is 4.55. The fourth-order valence-electron chi connectivity index (χ4n) is 0.635. The molecular weight excluding hydrogens is 214 g/mol. The Hall–Kier alpha value is -0.360. The molecule has 0 bridgehead atoms. The molecule has 0 amide bonds. The van der Waals surface area contributed by atoms with E-state index in [1.807, 2.05) is 20.8 Å². The van der Waals surface area contributed by atoms with E-state index in [0.717, 1.165) is 0 Å². The maximum absolute atomic E-state index is 12.4. The van der Waals surface area contributed by atoms with Crippen LogP contribution in [0.1, 0.15) is 20.8 Å². The molecular formula is C9H17F4NO. The first-order valence-electron chi connectivity index (χ1n) is 4.56. The van der Waals surface area contributed by atoms with Crippen molar-refractivity contribution in [2.45, 2.75) is 39.2 Å². The zero-order chi connectivity index (χ0) is 12.3. The quantitative estimate of drug-likeness (QED) is 0.737. The van der Waals surface area contributed by atoms with Gasteiger partial charge in [0, 0.05) is 6.04 Å². The fourth-order valence-corrected chi connectivity index (χ4v) is 0.635. The van der Waals surface area contributed by atoms with Crippen molar-refractivity contribution in [2.75, 3.05) is 13.2 Å². The monoisotopic (exact) mass is 231 g/mol. The van der Waals surface area contributed by atoms with Crippen LogP contribution in [0.2, 0.25) is 0 Å². The van der Waals surface area contributed by atoms with E-state index in [-0.39, 0.29) is 12.0 Å². The lowest BCUT2D eigenvalue weighted by molar-refractivity contribution is -0.167. The third-order valence-electron chi connectivity index (χ3n) is 2.02. The summed E-state index contributed by atoms with van der Waals surface area (Å²) in [5.41, 5.74) is 5.29. The summed E-state index contributed by atoms with van der Waals surface area (Å²) in [5.74, 6) is -4.10. The maximum atomic E-state index is 12.4. The molecule has 0 fully saturated rings. The Kier molecular flexibility index (Phi) is 4.99. The molecule has 0 aliphatic heterocycles. The van der Waals surface area contributed by atoms with Gasteiger partial charge >= 0.3 is 12.3 Å². The Morgan fingerprint density at radius 1 is 1.20 bits per heavy atom. The summed E-state index contributed by atoms with van der Waals surface area (Å²) in [5, 5.41) is 0. The molecule has 0 aliphatic carbocycles. The molecule has 2 nitrogen and oxygen atoms in total. The summed E-state index contributed by atoms with van der Waals surface area (Å²) in [6.45, 7) is 3.98. The van der Waals surface area contributed by atoms with Crippen LogP contribution < -0.4 is 5.73 Å². The van der Waals surface area contributed by atoms with Crippen LogP contribution in [0.3, 0.4) is 0 Å². The van der Waals surface area contributed by atoms with Gasteiger partial charge in [-0.25, -0.2) is 8.78 Å². The van der Waals surface area contributed by atoms with Crippen LogP contribution >= 0.6 is 0 Å². The van der Waals surface area contributed by atoms with E-state index < -0.39 is 25.0 Å². The van der Waals surface area contributed by atoms with Gasteiger partial charge in [0.15, 0.2) is 0 Å². The highest BCUT2D eigenvalue weighted by atomic mass is 19.3. The fraction of sp³-hybridized carbons (Fsp3) is 1.00. The first kappa shape index (κ1) is 14.6. The second kappa shape index (κ2) is 5.12. The minimum atomic E-state index is -4.10. The van der Waals surface area contributed by atoms with E-state index in [1.54, 1.807) is 0 Å². The molecule has 0 aromatic carbocycles. The molecule has 0 aliphatic rings. The summed E-state index contributed by atoms with van der Waals surface area (Å²) in [6, 6.07) is -0.467. The Morgan fingerprint density at radius 2 is 1.67 bits per heavy atom. The van der Waals surface area contributed by atoms with E-state index in [9.17, 15) is 17.6 Å². The van der Waals surface area contributed by atoms with Crippen LogP contribution in [0.4, 0.5) is 17.6 Å². The first-order chi connectivity index (χ1) is 6.57. The lowest BCUT2D eigenvalue weighted by Crippen LogP contribution is -2.41. The molecule has 0 rings (SSSR count). The number of ether oxygens (including phenoxy) is 1. The van der Waals surface area contributed by atoms with Gasteiger partial charge in [-0.05, 0) is 5.41 Å². The van der Waals surface area contributed by atoms with Crippen molar-refractivity contribution >= 4 is 0 Å². The summed E-state index contributed by atoms with van der Waals surface area (Å²) in [6.07, 6.45) is -3.71. The van der Waals surface area contributed by atoms with E-state index in [1.165, 1.54) is 0 Å². The normalized spacial score (nSPS) is 15.8. The van der Waals surface area contributed by atoms with Gasteiger partial charge < -0.3 is 10.5 Å². The topological polar surface area (TPSA) is 35.2 Å². The smallest absolute Gasteiger partial charge is 0.330 e. The van der Waals surface area contributed by atoms with Crippen LogP contribution in [-0.4, -0.2) is 31.6 Å². The van der Waals surface area contributed by atoms with Gasteiger partial charge in [0.1, 0.15) is 6.61 Å². The average Bonchev–Trinajstić information content (AvgIpc) is 2.01. The third kappa shape index (κ3) is 5.32. The number of hydrogen-bond donors (Lipinski definition) is 1. The summed E-state index contributed by atoms with van der Waals surface area (Å²) in [4.78, 5) is 0. The lowest BCUT2D eigenvalue weighted by Gasteiger charge is -2.27. The third-order valence-corrected chi connectivity index (χ3v) is 2.02. The van der Waals surface area contributed by atoms with Gasteiger partial charge in [0.25, 0.3) is 0 Å². The van der Waals surface area contributed by atoms with E-state index in [2.05, 4.69) is 4.74 Å². The van der Waals surface area contributed by atoms with Crippen molar-refractivity contribution in [2.24, 2.45) is 11.1 Å². The molecule has 0 heterocycles.